The summed E-state index contributed by atoms with van der Waals surface area (Å²) < 4.78 is 0.884. The first-order valence-corrected chi connectivity index (χ1v) is 9.55. The van der Waals surface area contributed by atoms with Gasteiger partial charge in [0, 0.05) is 13.3 Å². The van der Waals surface area contributed by atoms with Crippen molar-refractivity contribution in [3.8, 4) is 0 Å². The second kappa shape index (κ2) is 10.0. The fraction of sp³-hybridized carbons (Fsp3) is 0.125. The molecule has 0 saturated heterocycles. The molecule has 6 heteroatoms. The van der Waals surface area contributed by atoms with Crippen LogP contribution in [0.25, 0.3) is 12.2 Å². The molecule has 0 unspecified atom stereocenters. The van der Waals surface area contributed by atoms with Crippen LogP contribution in [-0.2, 0) is 16.0 Å². The number of benzene rings is 2. The molecular formula is C24H22N2O4. The van der Waals surface area contributed by atoms with Gasteiger partial charge in [0.05, 0.1) is 5.69 Å². The Morgan fingerprint density at radius 1 is 0.933 bits per heavy atom. The van der Waals surface area contributed by atoms with E-state index < -0.39 is 11.5 Å². The Balaban J connectivity index is 1.78. The lowest BCUT2D eigenvalue weighted by Crippen LogP contribution is -2.33. The SMILES string of the molecule is CC(=O)On1c(C=Cc2ccccc2)ccc(NC(=O)CCc2ccccc2)c1=O. The molecule has 0 aliphatic rings. The number of pyridine rings is 1. The molecule has 0 aliphatic heterocycles. The third-order valence-corrected chi connectivity index (χ3v) is 4.29. The van der Waals surface area contributed by atoms with Crippen molar-refractivity contribution in [2.45, 2.75) is 19.8 Å². The summed E-state index contributed by atoms with van der Waals surface area (Å²) in [6.07, 6.45) is 4.25. The highest BCUT2D eigenvalue weighted by atomic mass is 16.7. The van der Waals surface area contributed by atoms with Crippen molar-refractivity contribution in [3.05, 3.63) is 100.0 Å². The van der Waals surface area contributed by atoms with Crippen molar-refractivity contribution in [1.29, 1.82) is 0 Å². The van der Waals surface area contributed by atoms with Crippen LogP contribution in [0.2, 0.25) is 0 Å². The number of aryl methyl sites for hydroxylation is 1. The summed E-state index contributed by atoms with van der Waals surface area (Å²) >= 11 is 0. The summed E-state index contributed by atoms with van der Waals surface area (Å²) in [5.41, 5.74) is 1.77. The third kappa shape index (κ3) is 5.78. The van der Waals surface area contributed by atoms with Crippen LogP contribution in [0.3, 0.4) is 0 Å². The lowest BCUT2D eigenvalue weighted by Gasteiger charge is -2.11. The number of amides is 1. The van der Waals surface area contributed by atoms with E-state index in [1.165, 1.54) is 13.0 Å². The molecule has 3 rings (SSSR count). The molecule has 1 heterocycles. The van der Waals surface area contributed by atoms with Gasteiger partial charge in [-0.25, -0.2) is 4.79 Å². The molecule has 0 saturated carbocycles. The minimum Gasteiger partial charge on any atom is -0.333 e. The van der Waals surface area contributed by atoms with Gasteiger partial charge in [0.25, 0.3) is 0 Å². The van der Waals surface area contributed by atoms with E-state index in [2.05, 4.69) is 5.32 Å². The second-order valence-corrected chi connectivity index (χ2v) is 6.63. The maximum atomic E-state index is 12.8. The lowest BCUT2D eigenvalue weighted by atomic mass is 10.1. The number of rotatable bonds is 7. The molecule has 2 aromatic carbocycles. The van der Waals surface area contributed by atoms with Crippen molar-refractivity contribution < 1.29 is 14.4 Å². The first-order chi connectivity index (χ1) is 14.5. The van der Waals surface area contributed by atoms with E-state index in [9.17, 15) is 14.4 Å². The average molecular weight is 402 g/mol. The number of hydrogen-bond acceptors (Lipinski definition) is 4. The summed E-state index contributed by atoms with van der Waals surface area (Å²) in [6, 6.07) is 22.2. The van der Waals surface area contributed by atoms with Gasteiger partial charge in [-0.05, 0) is 35.8 Å². The van der Waals surface area contributed by atoms with E-state index in [4.69, 9.17) is 4.84 Å². The predicted octanol–water partition coefficient (Wildman–Crippen LogP) is 3.57. The highest BCUT2D eigenvalue weighted by Gasteiger charge is 2.13. The molecule has 0 aliphatic carbocycles. The van der Waals surface area contributed by atoms with Gasteiger partial charge in [-0.2, -0.15) is 0 Å². The smallest absolute Gasteiger partial charge is 0.330 e. The van der Waals surface area contributed by atoms with Crippen LogP contribution in [-0.4, -0.2) is 16.6 Å². The first-order valence-electron chi connectivity index (χ1n) is 9.55. The predicted molar refractivity (Wildman–Crippen MR) is 117 cm³/mol. The molecule has 0 bridgehead atoms. The Morgan fingerprint density at radius 3 is 2.27 bits per heavy atom. The molecular weight excluding hydrogens is 380 g/mol. The van der Waals surface area contributed by atoms with Crippen LogP contribution in [0, 0.1) is 0 Å². The summed E-state index contributed by atoms with van der Waals surface area (Å²) in [7, 11) is 0. The molecule has 30 heavy (non-hydrogen) atoms. The molecule has 0 fully saturated rings. The molecule has 1 amide bonds. The molecule has 0 spiro atoms. The highest BCUT2D eigenvalue weighted by Crippen LogP contribution is 2.10. The van der Waals surface area contributed by atoms with Gasteiger partial charge in [0.2, 0.25) is 5.91 Å². The maximum Gasteiger partial charge on any atom is 0.330 e. The van der Waals surface area contributed by atoms with Gasteiger partial charge in [-0.3, -0.25) is 9.59 Å². The van der Waals surface area contributed by atoms with Crippen molar-refractivity contribution in [2.24, 2.45) is 0 Å². The molecule has 0 atom stereocenters. The molecule has 1 N–H and O–H groups in total. The molecule has 1 aromatic heterocycles. The zero-order chi connectivity index (χ0) is 21.3. The van der Waals surface area contributed by atoms with E-state index in [0.29, 0.717) is 12.1 Å². The fourth-order valence-corrected chi connectivity index (χ4v) is 2.84. The Bertz CT molecular complexity index is 1100. The van der Waals surface area contributed by atoms with Crippen LogP contribution in [0.15, 0.2) is 77.6 Å². The number of hydrogen-bond donors (Lipinski definition) is 1. The second-order valence-electron chi connectivity index (χ2n) is 6.63. The van der Waals surface area contributed by atoms with Crippen LogP contribution < -0.4 is 15.7 Å². The van der Waals surface area contributed by atoms with Crippen LogP contribution >= 0.6 is 0 Å². The number of aromatic nitrogens is 1. The Morgan fingerprint density at radius 2 is 1.60 bits per heavy atom. The molecule has 6 nitrogen and oxygen atoms in total. The number of nitrogens with one attached hydrogen (secondary N) is 1. The van der Waals surface area contributed by atoms with Crippen LogP contribution in [0.5, 0.6) is 0 Å². The van der Waals surface area contributed by atoms with Crippen molar-refractivity contribution in [3.63, 3.8) is 0 Å². The van der Waals surface area contributed by atoms with E-state index in [1.807, 2.05) is 60.7 Å². The normalized spacial score (nSPS) is 10.7. The number of anilines is 1. The van der Waals surface area contributed by atoms with Gasteiger partial charge >= 0.3 is 11.5 Å². The standard InChI is InChI=1S/C24H22N2O4/c1-18(27)30-26-21(14-12-19-8-4-2-5-9-19)15-16-22(24(26)29)25-23(28)17-13-20-10-6-3-7-11-20/h2-12,14-16H,13,17H2,1H3,(H,25,28). The molecule has 3 aromatic rings. The lowest BCUT2D eigenvalue weighted by molar-refractivity contribution is -0.142. The van der Waals surface area contributed by atoms with E-state index in [-0.39, 0.29) is 18.0 Å². The maximum absolute atomic E-state index is 12.8. The van der Waals surface area contributed by atoms with Crippen molar-refractivity contribution in [2.75, 3.05) is 5.32 Å². The summed E-state index contributed by atoms with van der Waals surface area (Å²) in [5.74, 6) is -0.933. The number of nitrogens with zero attached hydrogens (tertiary/aromatic N) is 1. The van der Waals surface area contributed by atoms with Gasteiger partial charge in [-0.1, -0.05) is 66.7 Å². The van der Waals surface area contributed by atoms with E-state index in [0.717, 1.165) is 15.9 Å². The highest BCUT2D eigenvalue weighted by molar-refractivity contribution is 5.90. The van der Waals surface area contributed by atoms with Crippen molar-refractivity contribution in [1.82, 2.24) is 4.73 Å². The van der Waals surface area contributed by atoms with Crippen LogP contribution in [0.4, 0.5) is 5.69 Å². The minimum atomic E-state index is -0.640. The summed E-state index contributed by atoms with van der Waals surface area (Å²) in [5, 5.41) is 2.61. The summed E-state index contributed by atoms with van der Waals surface area (Å²) in [4.78, 5) is 41.6. The van der Waals surface area contributed by atoms with Crippen molar-refractivity contribution >= 4 is 29.7 Å². The van der Waals surface area contributed by atoms with E-state index in [1.54, 1.807) is 18.2 Å². The average Bonchev–Trinajstić information content (AvgIpc) is 2.75. The van der Waals surface area contributed by atoms with Gasteiger partial charge in [0.1, 0.15) is 5.69 Å². The fourth-order valence-electron chi connectivity index (χ4n) is 2.84. The van der Waals surface area contributed by atoms with Crippen LogP contribution in [0.1, 0.15) is 30.2 Å². The van der Waals surface area contributed by atoms with Gasteiger partial charge < -0.3 is 10.2 Å². The minimum absolute atomic E-state index is 0.0474. The number of carbonyl (C=O) groups is 2. The monoisotopic (exact) mass is 402 g/mol. The summed E-state index contributed by atoms with van der Waals surface area (Å²) in [6.45, 7) is 1.21. The quantitative estimate of drug-likeness (QED) is 0.655. The third-order valence-electron chi connectivity index (χ3n) is 4.29. The zero-order valence-electron chi connectivity index (χ0n) is 16.6. The molecule has 152 valence electrons. The Kier molecular flexibility index (Phi) is 6.95. The topological polar surface area (TPSA) is 77.4 Å². The zero-order valence-corrected chi connectivity index (χ0v) is 16.6. The Labute approximate surface area is 174 Å². The largest absolute Gasteiger partial charge is 0.333 e. The molecule has 0 radical (unpaired) electrons. The van der Waals surface area contributed by atoms with Gasteiger partial charge in [0.15, 0.2) is 0 Å². The Hall–Kier alpha value is -3.93. The number of carbonyl (C=O) groups excluding carboxylic acids is 2. The van der Waals surface area contributed by atoms with Gasteiger partial charge in [-0.15, -0.1) is 4.73 Å². The first kappa shape index (κ1) is 20.8. The van der Waals surface area contributed by atoms with E-state index >= 15 is 0 Å².